The number of aryl methyl sites for hydroxylation is 1. The van der Waals surface area contributed by atoms with Crippen molar-refractivity contribution in [2.45, 2.75) is 6.92 Å². The van der Waals surface area contributed by atoms with Crippen molar-refractivity contribution in [3.05, 3.63) is 59.9 Å². The quantitative estimate of drug-likeness (QED) is 0.746. The molecule has 134 valence electrons. The van der Waals surface area contributed by atoms with Gasteiger partial charge < -0.3 is 19.2 Å². The van der Waals surface area contributed by atoms with Crippen LogP contribution in [0.3, 0.4) is 0 Å². The van der Waals surface area contributed by atoms with Crippen LogP contribution < -0.4 is 14.8 Å². The van der Waals surface area contributed by atoms with Gasteiger partial charge in [-0.05, 0) is 42.8 Å². The van der Waals surface area contributed by atoms with E-state index < -0.39 is 11.7 Å². The standard InChI is InChI=1S/C19H17FN2O4/c1-11-4-6-13(9-14(11)20)22-19(23)17-18(26-10-21-17)12-5-7-15(24-2)16(8-12)25-3/h4-10H,1-3H3,(H,22,23). The summed E-state index contributed by atoms with van der Waals surface area (Å²) in [6, 6.07) is 9.57. The van der Waals surface area contributed by atoms with Crippen LogP contribution in [0.25, 0.3) is 11.3 Å². The second-order valence-electron chi connectivity index (χ2n) is 5.52. The molecule has 1 heterocycles. The van der Waals surface area contributed by atoms with E-state index in [1.807, 2.05) is 0 Å². The maximum atomic E-state index is 13.7. The van der Waals surface area contributed by atoms with Crippen LogP contribution in [0.2, 0.25) is 0 Å². The van der Waals surface area contributed by atoms with E-state index in [1.165, 1.54) is 26.7 Å². The highest BCUT2D eigenvalue weighted by atomic mass is 19.1. The average Bonchev–Trinajstić information content (AvgIpc) is 3.14. The fourth-order valence-electron chi connectivity index (χ4n) is 2.45. The lowest BCUT2D eigenvalue weighted by Gasteiger charge is -2.09. The summed E-state index contributed by atoms with van der Waals surface area (Å²) in [6.45, 7) is 1.65. The monoisotopic (exact) mass is 356 g/mol. The molecule has 2 aromatic carbocycles. The molecule has 0 aliphatic rings. The fourth-order valence-corrected chi connectivity index (χ4v) is 2.45. The van der Waals surface area contributed by atoms with Crippen LogP contribution in [0.4, 0.5) is 10.1 Å². The Morgan fingerprint density at radius 3 is 2.58 bits per heavy atom. The molecule has 0 bridgehead atoms. The van der Waals surface area contributed by atoms with Gasteiger partial charge in [-0.3, -0.25) is 4.79 Å². The number of nitrogens with zero attached hydrogens (tertiary/aromatic N) is 1. The number of methoxy groups -OCH3 is 2. The number of amides is 1. The molecule has 0 radical (unpaired) electrons. The largest absolute Gasteiger partial charge is 0.493 e. The summed E-state index contributed by atoms with van der Waals surface area (Å²) in [5.74, 6) is 0.413. The normalized spacial score (nSPS) is 10.5. The Hall–Kier alpha value is -3.35. The molecule has 26 heavy (non-hydrogen) atoms. The molecule has 6 nitrogen and oxygen atoms in total. The van der Waals surface area contributed by atoms with E-state index >= 15 is 0 Å². The molecule has 0 unspecified atom stereocenters. The molecule has 1 N–H and O–H groups in total. The van der Waals surface area contributed by atoms with Gasteiger partial charge in [0, 0.05) is 11.3 Å². The summed E-state index contributed by atoms with van der Waals surface area (Å²) in [5, 5.41) is 2.62. The van der Waals surface area contributed by atoms with Gasteiger partial charge in [0.25, 0.3) is 5.91 Å². The Labute approximate surface area is 149 Å². The predicted octanol–water partition coefficient (Wildman–Crippen LogP) is 4.06. The molecule has 0 saturated carbocycles. The first kappa shape index (κ1) is 17.5. The number of aromatic nitrogens is 1. The molecule has 0 aliphatic heterocycles. The number of halogens is 1. The van der Waals surface area contributed by atoms with Gasteiger partial charge in [-0.2, -0.15) is 0 Å². The molecule has 0 atom stereocenters. The van der Waals surface area contributed by atoms with E-state index in [1.54, 1.807) is 37.3 Å². The van der Waals surface area contributed by atoms with Crippen molar-refractivity contribution < 1.29 is 23.1 Å². The molecule has 0 spiro atoms. The number of nitrogens with one attached hydrogen (secondary N) is 1. The maximum absolute atomic E-state index is 13.7. The topological polar surface area (TPSA) is 73.6 Å². The molecule has 1 amide bonds. The minimum atomic E-state index is -0.508. The number of hydrogen-bond acceptors (Lipinski definition) is 5. The van der Waals surface area contributed by atoms with E-state index in [0.29, 0.717) is 28.3 Å². The molecule has 0 aliphatic carbocycles. The third-order valence-corrected chi connectivity index (χ3v) is 3.86. The first-order chi connectivity index (χ1) is 12.5. The highest BCUT2D eigenvalue weighted by Gasteiger charge is 2.20. The molecule has 3 rings (SSSR count). The van der Waals surface area contributed by atoms with Gasteiger partial charge in [0.05, 0.1) is 14.2 Å². The van der Waals surface area contributed by atoms with Gasteiger partial charge in [0.1, 0.15) is 5.82 Å². The van der Waals surface area contributed by atoms with Gasteiger partial charge >= 0.3 is 0 Å². The zero-order valence-electron chi connectivity index (χ0n) is 14.5. The van der Waals surface area contributed by atoms with E-state index in [2.05, 4.69) is 10.3 Å². The lowest BCUT2D eigenvalue weighted by atomic mass is 10.1. The number of carbonyl (C=O) groups excluding carboxylic acids is 1. The van der Waals surface area contributed by atoms with Crippen LogP contribution in [-0.2, 0) is 0 Å². The van der Waals surface area contributed by atoms with Crippen molar-refractivity contribution in [1.82, 2.24) is 4.98 Å². The minimum Gasteiger partial charge on any atom is -0.493 e. The summed E-state index contributed by atoms with van der Waals surface area (Å²) in [4.78, 5) is 16.5. The van der Waals surface area contributed by atoms with Crippen molar-refractivity contribution >= 4 is 11.6 Å². The number of ether oxygens (including phenoxy) is 2. The van der Waals surface area contributed by atoms with Crippen LogP contribution in [0.1, 0.15) is 16.1 Å². The summed E-state index contributed by atoms with van der Waals surface area (Å²) < 4.78 is 29.5. The second-order valence-corrected chi connectivity index (χ2v) is 5.52. The molecule has 0 fully saturated rings. The van der Waals surface area contributed by atoms with Crippen LogP contribution >= 0.6 is 0 Å². The minimum absolute atomic E-state index is 0.0817. The fraction of sp³-hybridized carbons (Fsp3) is 0.158. The Morgan fingerprint density at radius 1 is 1.12 bits per heavy atom. The Bertz CT molecular complexity index is 952. The van der Waals surface area contributed by atoms with E-state index in [4.69, 9.17) is 13.9 Å². The summed E-state index contributed by atoms with van der Waals surface area (Å²) in [5.41, 5.74) is 1.51. The number of hydrogen-bond donors (Lipinski definition) is 1. The smallest absolute Gasteiger partial charge is 0.278 e. The Morgan fingerprint density at radius 2 is 1.88 bits per heavy atom. The summed E-state index contributed by atoms with van der Waals surface area (Å²) in [7, 11) is 3.05. The van der Waals surface area contributed by atoms with E-state index in [-0.39, 0.29) is 11.5 Å². The first-order valence-corrected chi connectivity index (χ1v) is 7.77. The highest BCUT2D eigenvalue weighted by molar-refractivity contribution is 6.06. The highest BCUT2D eigenvalue weighted by Crippen LogP contribution is 2.33. The molecule has 3 aromatic rings. The van der Waals surface area contributed by atoms with Crippen LogP contribution in [0.5, 0.6) is 11.5 Å². The zero-order valence-corrected chi connectivity index (χ0v) is 14.5. The lowest BCUT2D eigenvalue weighted by molar-refractivity contribution is 0.102. The first-order valence-electron chi connectivity index (χ1n) is 7.77. The zero-order chi connectivity index (χ0) is 18.7. The summed E-state index contributed by atoms with van der Waals surface area (Å²) in [6.07, 6.45) is 1.18. The number of rotatable bonds is 5. The average molecular weight is 356 g/mol. The molecular weight excluding hydrogens is 339 g/mol. The van der Waals surface area contributed by atoms with Gasteiger partial charge in [-0.1, -0.05) is 6.07 Å². The third kappa shape index (κ3) is 3.37. The van der Waals surface area contributed by atoms with Crippen molar-refractivity contribution in [2.75, 3.05) is 19.5 Å². The van der Waals surface area contributed by atoms with Crippen molar-refractivity contribution in [1.29, 1.82) is 0 Å². The lowest BCUT2D eigenvalue weighted by Crippen LogP contribution is -2.13. The van der Waals surface area contributed by atoms with Crippen LogP contribution in [0, 0.1) is 12.7 Å². The van der Waals surface area contributed by atoms with Gasteiger partial charge in [-0.25, -0.2) is 9.37 Å². The van der Waals surface area contributed by atoms with Gasteiger partial charge in [-0.15, -0.1) is 0 Å². The number of carbonyl (C=O) groups is 1. The number of oxazole rings is 1. The Kier molecular flexibility index (Phi) is 4.88. The van der Waals surface area contributed by atoms with Gasteiger partial charge in [0.2, 0.25) is 0 Å². The van der Waals surface area contributed by atoms with Gasteiger partial charge in [0.15, 0.2) is 29.3 Å². The van der Waals surface area contributed by atoms with E-state index in [9.17, 15) is 9.18 Å². The molecule has 1 aromatic heterocycles. The van der Waals surface area contributed by atoms with E-state index in [0.717, 1.165) is 0 Å². The molecule has 0 saturated heterocycles. The van der Waals surface area contributed by atoms with Crippen LogP contribution in [-0.4, -0.2) is 25.1 Å². The second kappa shape index (κ2) is 7.26. The number of anilines is 1. The SMILES string of the molecule is COc1ccc(-c2ocnc2C(=O)Nc2ccc(C)c(F)c2)cc1OC. The number of benzene rings is 2. The maximum Gasteiger partial charge on any atom is 0.278 e. The molecule has 7 heteroatoms. The Balaban J connectivity index is 1.90. The molecular formula is C19H17FN2O4. The predicted molar refractivity (Wildman–Crippen MR) is 94.1 cm³/mol. The van der Waals surface area contributed by atoms with Crippen molar-refractivity contribution in [2.24, 2.45) is 0 Å². The summed E-state index contributed by atoms with van der Waals surface area (Å²) >= 11 is 0. The third-order valence-electron chi connectivity index (χ3n) is 3.86. The van der Waals surface area contributed by atoms with Crippen molar-refractivity contribution in [3.8, 4) is 22.8 Å². The van der Waals surface area contributed by atoms with Crippen molar-refractivity contribution in [3.63, 3.8) is 0 Å². The van der Waals surface area contributed by atoms with Crippen LogP contribution in [0.15, 0.2) is 47.2 Å².